The average Bonchev–Trinajstić information content (AvgIpc) is 3.38. The fourth-order valence-electron chi connectivity index (χ4n) is 5.14. The first kappa shape index (κ1) is 27.2. The Morgan fingerprint density at radius 2 is 1.80 bits per heavy atom. The molecule has 0 unspecified atom stereocenters. The van der Waals surface area contributed by atoms with Gasteiger partial charge < -0.3 is 29.2 Å². The van der Waals surface area contributed by atoms with Gasteiger partial charge in [0.15, 0.2) is 11.2 Å². The predicted octanol–water partition coefficient (Wildman–Crippen LogP) is 2.78. The molecule has 0 spiro atoms. The highest BCUT2D eigenvalue weighted by Crippen LogP contribution is 2.25. The Morgan fingerprint density at radius 1 is 1.00 bits per heavy atom. The number of piperazine rings is 1. The number of carbonyl (C=O) groups excluding carboxylic acids is 3. The Hall–Kier alpha value is -4.34. The second-order valence-electron chi connectivity index (χ2n) is 10.1. The van der Waals surface area contributed by atoms with Crippen molar-refractivity contribution in [1.29, 1.82) is 0 Å². The highest BCUT2D eigenvalue weighted by Gasteiger charge is 2.25. The van der Waals surface area contributed by atoms with Gasteiger partial charge in [-0.05, 0) is 42.7 Å². The minimum absolute atomic E-state index is 0.148. The van der Waals surface area contributed by atoms with Crippen LogP contribution in [-0.4, -0.2) is 73.4 Å². The fourth-order valence-corrected chi connectivity index (χ4v) is 5.14. The molecule has 2 fully saturated rings. The summed E-state index contributed by atoms with van der Waals surface area (Å²) >= 11 is 0. The van der Waals surface area contributed by atoms with Crippen molar-refractivity contribution < 1.29 is 23.5 Å². The van der Waals surface area contributed by atoms with E-state index in [4.69, 9.17) is 9.15 Å². The van der Waals surface area contributed by atoms with Crippen LogP contribution in [0.3, 0.4) is 0 Å². The van der Waals surface area contributed by atoms with E-state index in [1.807, 2.05) is 24.0 Å². The third kappa shape index (κ3) is 6.11. The number of ether oxygens (including phenoxy) is 1. The van der Waals surface area contributed by atoms with Crippen LogP contribution >= 0.6 is 0 Å². The first-order chi connectivity index (χ1) is 19.4. The lowest BCUT2D eigenvalue weighted by molar-refractivity contribution is -0.130. The van der Waals surface area contributed by atoms with Crippen LogP contribution < -0.4 is 20.4 Å². The van der Waals surface area contributed by atoms with Crippen LogP contribution in [0.15, 0.2) is 57.7 Å². The van der Waals surface area contributed by atoms with E-state index in [9.17, 15) is 19.2 Å². The summed E-state index contributed by atoms with van der Waals surface area (Å²) in [6.45, 7) is 6.04. The van der Waals surface area contributed by atoms with E-state index in [0.29, 0.717) is 56.9 Å². The van der Waals surface area contributed by atoms with Crippen molar-refractivity contribution in [2.45, 2.75) is 32.7 Å². The van der Waals surface area contributed by atoms with Gasteiger partial charge in [0.05, 0.1) is 18.5 Å². The minimum atomic E-state index is -0.623. The third-order valence-corrected chi connectivity index (χ3v) is 7.29. The molecule has 2 saturated heterocycles. The summed E-state index contributed by atoms with van der Waals surface area (Å²) in [4.78, 5) is 56.1. The molecule has 40 heavy (non-hydrogen) atoms. The number of hydrogen-bond donors (Lipinski definition) is 1. The van der Waals surface area contributed by atoms with Gasteiger partial charge in [-0.25, -0.2) is 0 Å². The van der Waals surface area contributed by atoms with Gasteiger partial charge in [0.25, 0.3) is 5.91 Å². The number of anilines is 1. The van der Waals surface area contributed by atoms with Gasteiger partial charge in [0, 0.05) is 57.4 Å². The summed E-state index contributed by atoms with van der Waals surface area (Å²) < 4.78 is 11.2. The Morgan fingerprint density at radius 3 is 2.55 bits per heavy atom. The summed E-state index contributed by atoms with van der Waals surface area (Å²) in [6, 6.07) is 14.1. The van der Waals surface area contributed by atoms with Crippen LogP contribution in [-0.2, 0) is 16.1 Å². The lowest BCUT2D eigenvalue weighted by atomic mass is 10.1. The zero-order chi connectivity index (χ0) is 28.1. The molecule has 3 amide bonds. The predicted molar refractivity (Wildman–Crippen MR) is 150 cm³/mol. The minimum Gasteiger partial charge on any atom is -0.494 e. The van der Waals surface area contributed by atoms with Crippen LogP contribution in [0.1, 0.15) is 42.3 Å². The second kappa shape index (κ2) is 12.2. The van der Waals surface area contributed by atoms with Gasteiger partial charge >= 0.3 is 0 Å². The normalized spacial score (nSPS) is 15.5. The Bertz CT molecular complexity index is 1460. The van der Waals surface area contributed by atoms with Crippen LogP contribution in [0, 0.1) is 0 Å². The van der Waals surface area contributed by atoms with Crippen molar-refractivity contribution >= 4 is 34.4 Å². The van der Waals surface area contributed by atoms with E-state index in [2.05, 4.69) is 22.3 Å². The van der Waals surface area contributed by atoms with Gasteiger partial charge in [-0.3, -0.25) is 19.2 Å². The molecular weight excluding hydrogens is 512 g/mol. The Kier molecular flexibility index (Phi) is 8.33. The maximum Gasteiger partial charge on any atom is 0.287 e. The number of fused-ring (bicyclic) bond motifs is 1. The lowest BCUT2D eigenvalue weighted by Crippen LogP contribution is -2.51. The van der Waals surface area contributed by atoms with E-state index in [1.165, 1.54) is 0 Å². The molecule has 1 aromatic heterocycles. The smallest absolute Gasteiger partial charge is 0.287 e. The summed E-state index contributed by atoms with van der Waals surface area (Å²) in [6.07, 6.45) is 2.36. The number of rotatable bonds is 9. The number of hydrogen-bond acceptors (Lipinski definition) is 7. The molecule has 3 aromatic rings. The molecule has 10 heteroatoms. The molecule has 0 saturated carbocycles. The molecule has 1 N–H and O–H groups in total. The molecule has 2 aromatic carbocycles. The monoisotopic (exact) mass is 546 g/mol. The number of carbonyl (C=O) groups is 3. The molecular formula is C30H34N4O6. The van der Waals surface area contributed by atoms with Crippen molar-refractivity contribution in [2.24, 2.45) is 0 Å². The highest BCUT2D eigenvalue weighted by molar-refractivity contribution is 5.95. The molecule has 2 aliphatic heterocycles. The topological polar surface area (TPSA) is 112 Å². The maximum absolute atomic E-state index is 12.9. The lowest BCUT2D eigenvalue weighted by Gasteiger charge is -2.37. The van der Waals surface area contributed by atoms with E-state index in [1.54, 1.807) is 23.1 Å². The number of nitrogens with zero attached hydrogens (tertiary/aromatic N) is 3. The van der Waals surface area contributed by atoms with Gasteiger partial charge in [-0.1, -0.05) is 25.1 Å². The van der Waals surface area contributed by atoms with Crippen LogP contribution in [0.4, 0.5) is 5.69 Å². The Labute approximate surface area is 232 Å². The van der Waals surface area contributed by atoms with Crippen LogP contribution in [0.2, 0.25) is 0 Å². The van der Waals surface area contributed by atoms with E-state index >= 15 is 0 Å². The average molecular weight is 547 g/mol. The zero-order valence-electron chi connectivity index (χ0n) is 22.7. The van der Waals surface area contributed by atoms with Crippen molar-refractivity contribution in [3.8, 4) is 5.75 Å². The van der Waals surface area contributed by atoms with E-state index < -0.39 is 5.91 Å². The van der Waals surface area contributed by atoms with Crippen molar-refractivity contribution in [3.05, 3.63) is 70.1 Å². The highest BCUT2D eigenvalue weighted by atomic mass is 16.5. The van der Waals surface area contributed by atoms with E-state index in [0.717, 1.165) is 36.7 Å². The number of para-hydroxylation sites is 1. The van der Waals surface area contributed by atoms with E-state index in [-0.39, 0.29) is 35.1 Å². The third-order valence-electron chi connectivity index (χ3n) is 7.29. The largest absolute Gasteiger partial charge is 0.494 e. The Balaban J connectivity index is 1.15. The van der Waals surface area contributed by atoms with Gasteiger partial charge in [0.1, 0.15) is 11.3 Å². The summed E-state index contributed by atoms with van der Waals surface area (Å²) in [5.74, 6) is -0.214. The standard InChI is InChI=1S/C30H34N4O6/c1-2-16-39-22-9-10-26-23(17-22)25(35)18-27(40-26)30(38)31-19-29(37)33-14-12-32(13-15-33)24-7-4-3-6-21(24)20-34-11-5-8-28(34)36/h3-4,6-7,9-10,17-18H,2,5,8,11-16,19-20H2,1H3,(H,31,38). The SMILES string of the molecule is CCCOc1ccc2oc(C(=O)NCC(=O)N3CCN(c4ccccc4CN4CCCC4=O)CC3)cc(=O)c2c1. The molecule has 0 bridgehead atoms. The molecule has 210 valence electrons. The number of benzene rings is 2. The number of nitrogens with one attached hydrogen (secondary N) is 1. The molecule has 3 heterocycles. The summed E-state index contributed by atoms with van der Waals surface area (Å²) in [5.41, 5.74) is 2.10. The summed E-state index contributed by atoms with van der Waals surface area (Å²) in [7, 11) is 0. The van der Waals surface area contributed by atoms with Crippen LogP contribution in [0.25, 0.3) is 11.0 Å². The molecule has 0 aliphatic carbocycles. The zero-order valence-corrected chi connectivity index (χ0v) is 22.7. The van der Waals surface area contributed by atoms with Crippen molar-refractivity contribution in [1.82, 2.24) is 15.1 Å². The van der Waals surface area contributed by atoms with Crippen LogP contribution in [0.5, 0.6) is 5.75 Å². The molecule has 0 radical (unpaired) electrons. The molecule has 0 atom stereocenters. The quantitative estimate of drug-likeness (QED) is 0.439. The first-order valence-electron chi connectivity index (χ1n) is 13.8. The van der Waals surface area contributed by atoms with Gasteiger partial charge in [0.2, 0.25) is 11.8 Å². The fraction of sp³-hybridized carbons (Fsp3) is 0.400. The number of likely N-dealkylation sites (tertiary alicyclic amines) is 1. The maximum atomic E-state index is 12.9. The number of amides is 3. The molecule has 10 nitrogen and oxygen atoms in total. The first-order valence-corrected chi connectivity index (χ1v) is 13.8. The summed E-state index contributed by atoms with van der Waals surface area (Å²) in [5, 5.41) is 2.91. The molecule has 2 aliphatic rings. The molecule has 5 rings (SSSR count). The second-order valence-corrected chi connectivity index (χ2v) is 10.1. The van der Waals surface area contributed by atoms with Gasteiger partial charge in [-0.2, -0.15) is 0 Å². The van der Waals surface area contributed by atoms with Gasteiger partial charge in [-0.15, -0.1) is 0 Å². The van der Waals surface area contributed by atoms with Crippen molar-refractivity contribution in [3.63, 3.8) is 0 Å². The van der Waals surface area contributed by atoms with Crippen molar-refractivity contribution in [2.75, 3.05) is 50.8 Å².